The lowest BCUT2D eigenvalue weighted by Gasteiger charge is -1.98. The van der Waals surface area contributed by atoms with Crippen LogP contribution in [-0.4, -0.2) is 0 Å². The Balaban J connectivity index is 3.39. The van der Waals surface area contributed by atoms with E-state index in [1.54, 1.807) is 25.1 Å². The predicted molar refractivity (Wildman–Crippen MR) is 44.7 cm³/mol. The Morgan fingerprint density at radius 1 is 1.58 bits per heavy atom. The first-order valence-corrected chi connectivity index (χ1v) is 3.34. The summed E-state index contributed by atoms with van der Waals surface area (Å²) in [6.45, 7) is 1.80. The Kier molecular flexibility index (Phi) is 2.32. The predicted octanol–water partition coefficient (Wildman–Crippen LogP) is 2.81. The van der Waals surface area contributed by atoms with Crippen molar-refractivity contribution < 1.29 is 0 Å². The van der Waals surface area contributed by atoms with Crippen LogP contribution in [0.25, 0.3) is 10.4 Å². The van der Waals surface area contributed by atoms with Gasteiger partial charge in [0.25, 0.3) is 0 Å². The second-order valence-electron chi connectivity index (χ2n) is 2.27. The van der Waals surface area contributed by atoms with Gasteiger partial charge in [0.1, 0.15) is 0 Å². The molecule has 0 heterocycles. The normalized spacial score (nSPS) is 8.33. The molecule has 0 bridgehead atoms. The molecule has 0 spiro atoms. The number of nitriles is 1. The third-order valence-corrected chi connectivity index (χ3v) is 1.52. The molecule has 58 valence electrons. The van der Waals surface area contributed by atoms with Crippen LogP contribution in [0.5, 0.6) is 0 Å². The van der Waals surface area contributed by atoms with Gasteiger partial charge in [-0.05, 0) is 18.0 Å². The van der Waals surface area contributed by atoms with Crippen molar-refractivity contribution >= 4 is 5.69 Å². The van der Waals surface area contributed by atoms with Crippen LogP contribution in [0.4, 0.5) is 5.69 Å². The zero-order valence-electron chi connectivity index (χ0n) is 6.52. The fraction of sp³-hybridized carbons (Fsp3) is 0.125. The van der Waals surface area contributed by atoms with Crippen molar-refractivity contribution in [3.63, 3.8) is 0 Å². The molecule has 0 saturated carbocycles. The SMILES string of the molecule is Cc1cccc(N=[N+]=[N-])c1C#N. The van der Waals surface area contributed by atoms with E-state index in [1.165, 1.54) is 0 Å². The molecule has 0 atom stereocenters. The Morgan fingerprint density at radius 2 is 2.33 bits per heavy atom. The molecule has 4 nitrogen and oxygen atoms in total. The molecule has 0 aliphatic heterocycles. The molecule has 0 aliphatic carbocycles. The second kappa shape index (κ2) is 3.42. The molecule has 0 aliphatic rings. The molecule has 1 rings (SSSR count). The van der Waals surface area contributed by atoms with E-state index in [-0.39, 0.29) is 0 Å². The summed E-state index contributed by atoms with van der Waals surface area (Å²) >= 11 is 0. The van der Waals surface area contributed by atoms with Gasteiger partial charge in [-0.3, -0.25) is 0 Å². The van der Waals surface area contributed by atoms with Crippen LogP contribution in [0.3, 0.4) is 0 Å². The summed E-state index contributed by atoms with van der Waals surface area (Å²) in [5, 5.41) is 12.1. The van der Waals surface area contributed by atoms with Gasteiger partial charge in [-0.25, -0.2) is 0 Å². The minimum atomic E-state index is 0.389. The highest BCUT2D eigenvalue weighted by molar-refractivity contribution is 5.56. The maximum Gasteiger partial charge on any atom is 0.0999 e. The minimum absolute atomic E-state index is 0.389. The molecule has 4 heteroatoms. The van der Waals surface area contributed by atoms with Crippen LogP contribution in [0.2, 0.25) is 0 Å². The largest absolute Gasteiger partial charge is 0.192 e. The van der Waals surface area contributed by atoms with Gasteiger partial charge in [0.05, 0.1) is 17.3 Å². The third kappa shape index (κ3) is 1.36. The molecule has 0 N–H and O–H groups in total. The van der Waals surface area contributed by atoms with Gasteiger partial charge in [-0.2, -0.15) is 5.26 Å². The van der Waals surface area contributed by atoms with Gasteiger partial charge >= 0.3 is 0 Å². The highest BCUT2D eigenvalue weighted by Crippen LogP contribution is 2.21. The van der Waals surface area contributed by atoms with Crippen molar-refractivity contribution in [2.45, 2.75) is 6.92 Å². The number of hydrogen-bond donors (Lipinski definition) is 0. The second-order valence-corrected chi connectivity index (χ2v) is 2.27. The topological polar surface area (TPSA) is 72.6 Å². The average molecular weight is 158 g/mol. The summed E-state index contributed by atoms with van der Waals surface area (Å²) in [6.07, 6.45) is 0. The minimum Gasteiger partial charge on any atom is -0.192 e. The van der Waals surface area contributed by atoms with Gasteiger partial charge in [-0.1, -0.05) is 23.3 Å². The van der Waals surface area contributed by atoms with E-state index in [9.17, 15) is 0 Å². The molecule has 1 aromatic rings. The standard InChI is InChI=1S/C8H6N4/c1-6-3-2-4-8(11-12-10)7(6)5-9/h2-4H,1H3. The van der Waals surface area contributed by atoms with Crippen LogP contribution in [-0.2, 0) is 0 Å². The average Bonchev–Trinajstić information content (AvgIpc) is 2.05. The number of benzene rings is 1. The monoisotopic (exact) mass is 158 g/mol. The van der Waals surface area contributed by atoms with Crippen LogP contribution in [0.1, 0.15) is 11.1 Å². The lowest BCUT2D eigenvalue weighted by Crippen LogP contribution is -1.80. The number of nitrogens with zero attached hydrogens (tertiary/aromatic N) is 4. The van der Waals surface area contributed by atoms with Crippen molar-refractivity contribution in [1.82, 2.24) is 0 Å². The van der Waals surface area contributed by atoms with Crippen molar-refractivity contribution in [2.24, 2.45) is 5.11 Å². The fourth-order valence-corrected chi connectivity index (χ4v) is 0.929. The van der Waals surface area contributed by atoms with E-state index < -0.39 is 0 Å². The van der Waals surface area contributed by atoms with Crippen LogP contribution in [0.15, 0.2) is 23.3 Å². The Bertz CT molecular complexity index is 383. The summed E-state index contributed by atoms with van der Waals surface area (Å²) in [6, 6.07) is 7.15. The molecule has 0 saturated heterocycles. The highest BCUT2D eigenvalue weighted by atomic mass is 15.1. The summed E-state index contributed by atoms with van der Waals surface area (Å²) in [5.74, 6) is 0. The van der Waals surface area contributed by atoms with Gasteiger partial charge in [0, 0.05) is 4.91 Å². The first kappa shape index (κ1) is 8.12. The molecular weight excluding hydrogens is 152 g/mol. The first-order valence-electron chi connectivity index (χ1n) is 3.34. The molecule has 0 fully saturated rings. The van der Waals surface area contributed by atoms with E-state index in [1.807, 2.05) is 6.07 Å². The van der Waals surface area contributed by atoms with Crippen molar-refractivity contribution in [3.05, 3.63) is 39.8 Å². The maximum absolute atomic E-state index is 8.69. The number of rotatable bonds is 1. The third-order valence-electron chi connectivity index (χ3n) is 1.52. The summed E-state index contributed by atoms with van der Waals surface area (Å²) in [4.78, 5) is 2.63. The van der Waals surface area contributed by atoms with E-state index >= 15 is 0 Å². The van der Waals surface area contributed by atoms with Gasteiger partial charge in [0.15, 0.2) is 0 Å². The fourth-order valence-electron chi connectivity index (χ4n) is 0.929. The number of aryl methyl sites for hydroxylation is 1. The molecule has 12 heavy (non-hydrogen) atoms. The Hall–Kier alpha value is -1.98. The van der Waals surface area contributed by atoms with Gasteiger partial charge in [0.2, 0.25) is 0 Å². The van der Waals surface area contributed by atoms with E-state index in [0.29, 0.717) is 11.3 Å². The van der Waals surface area contributed by atoms with E-state index in [0.717, 1.165) is 5.56 Å². The summed E-state index contributed by atoms with van der Waals surface area (Å²) < 4.78 is 0. The lowest BCUT2D eigenvalue weighted by atomic mass is 10.1. The first-order chi connectivity index (χ1) is 5.79. The van der Waals surface area contributed by atoms with Crippen LogP contribution < -0.4 is 0 Å². The van der Waals surface area contributed by atoms with Crippen LogP contribution >= 0.6 is 0 Å². The molecular formula is C8H6N4. The molecule has 0 unspecified atom stereocenters. The van der Waals surface area contributed by atoms with E-state index in [2.05, 4.69) is 10.0 Å². The molecule has 0 radical (unpaired) electrons. The van der Waals surface area contributed by atoms with Crippen molar-refractivity contribution in [1.29, 1.82) is 5.26 Å². The van der Waals surface area contributed by atoms with E-state index in [4.69, 9.17) is 10.8 Å². The number of azide groups is 1. The molecule has 1 aromatic carbocycles. The number of hydrogen-bond acceptors (Lipinski definition) is 2. The zero-order chi connectivity index (χ0) is 8.97. The highest BCUT2D eigenvalue weighted by Gasteiger charge is 2.00. The van der Waals surface area contributed by atoms with Crippen molar-refractivity contribution in [3.8, 4) is 6.07 Å². The maximum atomic E-state index is 8.69. The molecule has 0 amide bonds. The summed E-state index contributed by atoms with van der Waals surface area (Å²) in [5.41, 5.74) is 9.83. The lowest BCUT2D eigenvalue weighted by molar-refractivity contribution is 1.35. The Morgan fingerprint density at radius 3 is 2.92 bits per heavy atom. The summed E-state index contributed by atoms with van der Waals surface area (Å²) in [7, 11) is 0. The molecule has 0 aromatic heterocycles. The van der Waals surface area contributed by atoms with Crippen molar-refractivity contribution in [2.75, 3.05) is 0 Å². The van der Waals surface area contributed by atoms with Crippen LogP contribution in [0, 0.1) is 18.3 Å². The smallest absolute Gasteiger partial charge is 0.0999 e. The quantitative estimate of drug-likeness (QED) is 0.352. The van der Waals surface area contributed by atoms with Gasteiger partial charge < -0.3 is 0 Å². The van der Waals surface area contributed by atoms with Gasteiger partial charge in [-0.15, -0.1) is 0 Å². The Labute approximate surface area is 69.7 Å². The zero-order valence-corrected chi connectivity index (χ0v) is 6.52.